The number of pyridine rings is 1. The third-order valence-electron chi connectivity index (χ3n) is 4.51. The molecule has 1 fully saturated rings. The van der Waals surface area contributed by atoms with Gasteiger partial charge in [0, 0.05) is 18.8 Å². The summed E-state index contributed by atoms with van der Waals surface area (Å²) in [5, 5.41) is 18.3. The number of aliphatic hydroxyl groups excluding tert-OH is 1. The molecule has 0 radical (unpaired) electrons. The van der Waals surface area contributed by atoms with Crippen molar-refractivity contribution in [1.29, 1.82) is 0 Å². The van der Waals surface area contributed by atoms with Crippen LogP contribution in [0.4, 0.5) is 5.69 Å². The van der Waals surface area contributed by atoms with Crippen molar-refractivity contribution in [2.75, 3.05) is 11.9 Å². The van der Waals surface area contributed by atoms with Crippen molar-refractivity contribution >= 4 is 22.7 Å². The van der Waals surface area contributed by atoms with Crippen LogP contribution in [-0.4, -0.2) is 44.6 Å². The van der Waals surface area contributed by atoms with Gasteiger partial charge in [0.1, 0.15) is 5.56 Å². The maximum atomic E-state index is 12.3. The van der Waals surface area contributed by atoms with Gasteiger partial charge in [0.2, 0.25) is 0 Å². The summed E-state index contributed by atoms with van der Waals surface area (Å²) in [4.78, 5) is 16.7. The molecule has 2 heterocycles. The highest BCUT2D eigenvalue weighted by molar-refractivity contribution is 6.04. The number of ether oxygens (including phenoxy) is 1. The minimum atomic E-state index is -0.380. The SMILES string of the molecule is CCOC(=O)c1cnc2c(cnn2CC)c1NC1CCC(O)CC1. The van der Waals surface area contributed by atoms with E-state index in [1.807, 2.05) is 6.92 Å². The second kappa shape index (κ2) is 7.17. The lowest BCUT2D eigenvalue weighted by Gasteiger charge is -2.27. The van der Waals surface area contributed by atoms with E-state index in [1.54, 1.807) is 24.0 Å². The van der Waals surface area contributed by atoms with Crippen molar-refractivity contribution in [2.45, 2.75) is 58.2 Å². The van der Waals surface area contributed by atoms with Crippen molar-refractivity contribution < 1.29 is 14.6 Å². The summed E-state index contributed by atoms with van der Waals surface area (Å²) in [7, 11) is 0. The second-order valence-corrected chi connectivity index (χ2v) is 6.11. The molecule has 0 spiro atoms. The van der Waals surface area contributed by atoms with Gasteiger partial charge in [0.25, 0.3) is 0 Å². The average Bonchev–Trinajstić information content (AvgIpc) is 3.01. The normalized spacial score (nSPS) is 21.0. The number of nitrogens with zero attached hydrogens (tertiary/aromatic N) is 3. The molecule has 1 aliphatic carbocycles. The van der Waals surface area contributed by atoms with Gasteiger partial charge in [0.05, 0.1) is 30.0 Å². The number of hydrogen-bond acceptors (Lipinski definition) is 6. The van der Waals surface area contributed by atoms with Gasteiger partial charge in [-0.25, -0.2) is 14.5 Å². The Hall–Kier alpha value is -2.15. The third kappa shape index (κ3) is 3.21. The first-order valence-corrected chi connectivity index (χ1v) is 8.60. The summed E-state index contributed by atoms with van der Waals surface area (Å²) in [6.45, 7) is 4.82. The molecule has 2 aromatic heterocycles. The molecule has 1 aliphatic rings. The van der Waals surface area contributed by atoms with E-state index < -0.39 is 0 Å². The van der Waals surface area contributed by atoms with Crippen molar-refractivity contribution in [3.63, 3.8) is 0 Å². The summed E-state index contributed by atoms with van der Waals surface area (Å²) in [6.07, 6.45) is 6.38. The zero-order valence-electron chi connectivity index (χ0n) is 14.2. The van der Waals surface area contributed by atoms with E-state index in [-0.39, 0.29) is 18.1 Å². The van der Waals surface area contributed by atoms with Gasteiger partial charge in [-0.3, -0.25) is 0 Å². The van der Waals surface area contributed by atoms with E-state index in [0.717, 1.165) is 42.4 Å². The first kappa shape index (κ1) is 16.7. The number of aromatic nitrogens is 3. The molecule has 0 aromatic carbocycles. The van der Waals surface area contributed by atoms with Crippen LogP contribution < -0.4 is 5.32 Å². The van der Waals surface area contributed by atoms with Gasteiger partial charge in [0.15, 0.2) is 5.65 Å². The van der Waals surface area contributed by atoms with E-state index in [4.69, 9.17) is 4.74 Å². The second-order valence-electron chi connectivity index (χ2n) is 6.11. The van der Waals surface area contributed by atoms with Crippen LogP contribution in [0, 0.1) is 0 Å². The Bertz CT molecular complexity index is 720. The molecule has 2 N–H and O–H groups in total. The van der Waals surface area contributed by atoms with Crippen LogP contribution in [0.1, 0.15) is 49.9 Å². The quantitative estimate of drug-likeness (QED) is 0.817. The van der Waals surface area contributed by atoms with Gasteiger partial charge in [-0.15, -0.1) is 0 Å². The molecule has 0 aliphatic heterocycles. The summed E-state index contributed by atoms with van der Waals surface area (Å²) < 4.78 is 6.98. The molecule has 0 saturated heterocycles. The smallest absolute Gasteiger partial charge is 0.341 e. The van der Waals surface area contributed by atoms with Crippen LogP contribution in [0.25, 0.3) is 11.0 Å². The fourth-order valence-electron chi connectivity index (χ4n) is 3.20. The van der Waals surface area contributed by atoms with Crippen LogP contribution in [0.3, 0.4) is 0 Å². The zero-order valence-corrected chi connectivity index (χ0v) is 14.2. The fraction of sp³-hybridized carbons (Fsp3) is 0.588. The van der Waals surface area contributed by atoms with Crippen molar-refractivity contribution in [2.24, 2.45) is 0 Å². The molecule has 7 heteroatoms. The third-order valence-corrected chi connectivity index (χ3v) is 4.51. The van der Waals surface area contributed by atoms with Crippen LogP contribution >= 0.6 is 0 Å². The largest absolute Gasteiger partial charge is 0.462 e. The number of carbonyl (C=O) groups is 1. The van der Waals surface area contributed by atoms with Crippen molar-refractivity contribution in [1.82, 2.24) is 14.8 Å². The van der Waals surface area contributed by atoms with Gasteiger partial charge in [-0.1, -0.05) is 0 Å². The lowest BCUT2D eigenvalue weighted by Crippen LogP contribution is -2.29. The lowest BCUT2D eigenvalue weighted by molar-refractivity contribution is 0.0527. The number of hydrogen-bond donors (Lipinski definition) is 2. The molecule has 7 nitrogen and oxygen atoms in total. The van der Waals surface area contributed by atoms with Crippen LogP contribution in [0.15, 0.2) is 12.4 Å². The van der Waals surface area contributed by atoms with Gasteiger partial charge in [-0.2, -0.15) is 5.10 Å². The Morgan fingerprint density at radius 1 is 1.33 bits per heavy atom. The number of nitrogens with one attached hydrogen (secondary N) is 1. The summed E-state index contributed by atoms with van der Waals surface area (Å²) in [5.41, 5.74) is 1.93. The van der Waals surface area contributed by atoms with Crippen molar-refractivity contribution in [3.05, 3.63) is 18.0 Å². The molecular formula is C17H24N4O3. The van der Waals surface area contributed by atoms with Crippen molar-refractivity contribution in [3.8, 4) is 0 Å². The Kier molecular flexibility index (Phi) is 4.99. The summed E-state index contributed by atoms with van der Waals surface area (Å²) in [5.74, 6) is -0.380. The number of rotatable bonds is 5. The molecule has 130 valence electrons. The highest BCUT2D eigenvalue weighted by Crippen LogP contribution is 2.30. The highest BCUT2D eigenvalue weighted by atomic mass is 16.5. The maximum Gasteiger partial charge on any atom is 0.341 e. The van der Waals surface area contributed by atoms with Crippen LogP contribution in [0.2, 0.25) is 0 Å². The minimum absolute atomic E-state index is 0.215. The summed E-state index contributed by atoms with van der Waals surface area (Å²) >= 11 is 0. The minimum Gasteiger partial charge on any atom is -0.462 e. The topological polar surface area (TPSA) is 89.3 Å². The van der Waals surface area contributed by atoms with E-state index in [9.17, 15) is 9.90 Å². The first-order chi connectivity index (χ1) is 11.6. The standard InChI is InChI=1S/C17H24N4O3/c1-3-21-16-13(10-19-21)15(14(9-18-16)17(23)24-4-2)20-11-5-7-12(22)8-6-11/h9-12,22H,3-8H2,1-2H3,(H,18,20). The van der Waals surface area contributed by atoms with Crippen LogP contribution in [-0.2, 0) is 11.3 Å². The molecular weight excluding hydrogens is 308 g/mol. The molecule has 1 saturated carbocycles. The van der Waals surface area contributed by atoms with E-state index in [0.29, 0.717) is 18.7 Å². The first-order valence-electron chi connectivity index (χ1n) is 8.60. The average molecular weight is 332 g/mol. The molecule has 0 bridgehead atoms. The summed E-state index contributed by atoms with van der Waals surface area (Å²) in [6, 6.07) is 0.220. The Morgan fingerprint density at radius 2 is 2.08 bits per heavy atom. The van der Waals surface area contributed by atoms with E-state index in [2.05, 4.69) is 15.4 Å². The predicted octanol–water partition coefficient (Wildman–Crippen LogP) is 2.34. The fourth-order valence-corrected chi connectivity index (χ4v) is 3.20. The predicted molar refractivity (Wildman–Crippen MR) is 91.0 cm³/mol. The Labute approximate surface area is 141 Å². The molecule has 0 atom stereocenters. The number of aliphatic hydroxyl groups is 1. The lowest BCUT2D eigenvalue weighted by atomic mass is 9.92. The molecule has 0 unspecified atom stereocenters. The highest BCUT2D eigenvalue weighted by Gasteiger charge is 2.24. The number of anilines is 1. The number of fused-ring (bicyclic) bond motifs is 1. The number of carbonyl (C=O) groups excluding carboxylic acids is 1. The van der Waals surface area contributed by atoms with Gasteiger partial charge < -0.3 is 15.2 Å². The Balaban J connectivity index is 1.98. The maximum absolute atomic E-state index is 12.3. The molecule has 24 heavy (non-hydrogen) atoms. The molecule has 0 amide bonds. The van der Waals surface area contributed by atoms with Gasteiger partial charge >= 0.3 is 5.97 Å². The van der Waals surface area contributed by atoms with E-state index in [1.165, 1.54) is 0 Å². The monoisotopic (exact) mass is 332 g/mol. The zero-order chi connectivity index (χ0) is 17.1. The van der Waals surface area contributed by atoms with Gasteiger partial charge in [-0.05, 0) is 39.5 Å². The Morgan fingerprint density at radius 3 is 2.75 bits per heavy atom. The molecule has 3 rings (SSSR count). The number of aryl methyl sites for hydroxylation is 1. The molecule has 2 aromatic rings. The van der Waals surface area contributed by atoms with E-state index >= 15 is 0 Å². The number of esters is 1. The van der Waals surface area contributed by atoms with Crippen LogP contribution in [0.5, 0.6) is 0 Å².